The lowest BCUT2D eigenvalue weighted by Crippen LogP contribution is -1.99. The minimum Gasteiger partial charge on any atom is -0.497 e. The molecule has 1 atom stereocenters. The molecule has 0 aliphatic rings. The molecule has 0 saturated heterocycles. The fourth-order valence-electron chi connectivity index (χ4n) is 1.31. The quantitative estimate of drug-likeness (QED) is 0.337. The summed E-state index contributed by atoms with van der Waals surface area (Å²) in [5.74, 6) is 0.387. The Hall–Kier alpha value is -2.20. The van der Waals surface area contributed by atoms with Crippen LogP contribution in [0, 0.1) is 10.1 Å². The van der Waals surface area contributed by atoms with Crippen molar-refractivity contribution >= 4 is 11.8 Å². The Morgan fingerprint density at radius 1 is 1.56 bits per heavy atom. The summed E-state index contributed by atoms with van der Waals surface area (Å²) in [6.07, 6.45) is 1.38. The normalized spacial score (nSPS) is 11.4. The molecule has 0 aliphatic carbocycles. The second-order valence-corrected chi connectivity index (χ2v) is 3.08. The first-order valence-electron chi connectivity index (χ1n) is 4.49. The smallest absolute Gasteiger partial charge is 0.278 e. The van der Waals surface area contributed by atoms with Gasteiger partial charge in [0.15, 0.2) is 0 Å². The van der Waals surface area contributed by atoms with Gasteiger partial charge in [-0.2, -0.15) is 4.99 Å². The van der Waals surface area contributed by atoms with Crippen molar-refractivity contribution in [3.8, 4) is 5.75 Å². The van der Waals surface area contributed by atoms with Crippen LogP contribution in [-0.4, -0.2) is 18.1 Å². The Labute approximate surface area is 91.7 Å². The van der Waals surface area contributed by atoms with Crippen molar-refractivity contribution in [2.75, 3.05) is 7.11 Å². The summed E-state index contributed by atoms with van der Waals surface area (Å²) in [4.78, 5) is 23.8. The Bertz CT molecular complexity index is 452. The van der Waals surface area contributed by atoms with E-state index in [-0.39, 0.29) is 5.69 Å². The van der Waals surface area contributed by atoms with Crippen molar-refractivity contribution in [3.05, 3.63) is 33.9 Å². The largest absolute Gasteiger partial charge is 0.497 e. The van der Waals surface area contributed by atoms with Gasteiger partial charge in [0.25, 0.3) is 5.69 Å². The van der Waals surface area contributed by atoms with E-state index in [0.717, 1.165) is 0 Å². The monoisotopic (exact) mass is 222 g/mol. The average molecular weight is 222 g/mol. The van der Waals surface area contributed by atoms with Crippen LogP contribution >= 0.6 is 0 Å². The lowest BCUT2D eigenvalue weighted by atomic mass is 10.1. The van der Waals surface area contributed by atoms with Gasteiger partial charge in [-0.1, -0.05) is 0 Å². The minimum atomic E-state index is -0.594. The SMILES string of the molecule is COc1ccc(C(C)N=C=O)c([N+](=O)[O-])c1. The predicted octanol–water partition coefficient (Wildman–Crippen LogP) is 2.00. The third-order valence-electron chi connectivity index (χ3n) is 2.13. The van der Waals surface area contributed by atoms with E-state index < -0.39 is 11.0 Å². The van der Waals surface area contributed by atoms with Crippen LogP contribution in [0.15, 0.2) is 23.2 Å². The number of isocyanates is 1. The Morgan fingerprint density at radius 3 is 2.75 bits per heavy atom. The van der Waals surface area contributed by atoms with Crippen LogP contribution in [0.5, 0.6) is 5.75 Å². The van der Waals surface area contributed by atoms with Gasteiger partial charge in [0.2, 0.25) is 6.08 Å². The third-order valence-corrected chi connectivity index (χ3v) is 2.13. The van der Waals surface area contributed by atoms with Crippen LogP contribution in [0.2, 0.25) is 0 Å². The average Bonchev–Trinajstić information content (AvgIpc) is 2.28. The zero-order chi connectivity index (χ0) is 12.1. The molecule has 16 heavy (non-hydrogen) atoms. The van der Waals surface area contributed by atoms with E-state index in [1.807, 2.05) is 0 Å². The van der Waals surface area contributed by atoms with Gasteiger partial charge in [-0.05, 0) is 19.1 Å². The summed E-state index contributed by atoms with van der Waals surface area (Å²) in [6, 6.07) is 3.80. The first kappa shape index (κ1) is 11.9. The molecule has 0 amide bonds. The standard InChI is InChI=1S/C10H10N2O4/c1-7(11-6-13)9-4-3-8(16-2)5-10(9)12(14)15/h3-5,7H,1-2H3. The lowest BCUT2D eigenvalue weighted by molar-refractivity contribution is -0.385. The van der Waals surface area contributed by atoms with Crippen LogP contribution in [-0.2, 0) is 4.79 Å². The van der Waals surface area contributed by atoms with Crippen molar-refractivity contribution in [2.45, 2.75) is 13.0 Å². The van der Waals surface area contributed by atoms with Gasteiger partial charge in [-0.15, -0.1) is 0 Å². The van der Waals surface area contributed by atoms with E-state index in [0.29, 0.717) is 11.3 Å². The lowest BCUT2D eigenvalue weighted by Gasteiger charge is -2.07. The molecule has 6 heteroatoms. The van der Waals surface area contributed by atoms with Crippen molar-refractivity contribution in [1.82, 2.24) is 0 Å². The molecule has 0 aromatic heterocycles. The molecule has 1 unspecified atom stereocenters. The van der Waals surface area contributed by atoms with E-state index in [9.17, 15) is 14.9 Å². The van der Waals surface area contributed by atoms with Crippen molar-refractivity contribution < 1.29 is 14.5 Å². The number of nitro benzene ring substituents is 1. The highest BCUT2D eigenvalue weighted by molar-refractivity contribution is 5.48. The van der Waals surface area contributed by atoms with Crippen molar-refractivity contribution in [3.63, 3.8) is 0 Å². The molecular formula is C10H10N2O4. The number of nitrogens with zero attached hydrogens (tertiary/aromatic N) is 2. The molecular weight excluding hydrogens is 212 g/mol. The van der Waals surface area contributed by atoms with Gasteiger partial charge >= 0.3 is 0 Å². The number of rotatable bonds is 4. The highest BCUT2D eigenvalue weighted by Crippen LogP contribution is 2.30. The molecule has 0 fully saturated rings. The van der Waals surface area contributed by atoms with Gasteiger partial charge in [-0.25, -0.2) is 4.79 Å². The van der Waals surface area contributed by atoms with Gasteiger partial charge in [-0.3, -0.25) is 10.1 Å². The number of ether oxygens (including phenoxy) is 1. The summed E-state index contributed by atoms with van der Waals surface area (Å²) in [7, 11) is 1.42. The van der Waals surface area contributed by atoms with E-state index >= 15 is 0 Å². The molecule has 1 aromatic carbocycles. The molecule has 0 heterocycles. The molecule has 1 rings (SSSR count). The van der Waals surface area contributed by atoms with E-state index in [2.05, 4.69) is 4.99 Å². The summed E-state index contributed by atoms with van der Waals surface area (Å²) in [5, 5.41) is 10.8. The second kappa shape index (κ2) is 5.04. The summed E-state index contributed by atoms with van der Waals surface area (Å²) in [5.41, 5.74) is 0.236. The molecule has 0 saturated carbocycles. The first-order chi connectivity index (χ1) is 7.60. The number of aliphatic imine (C=N–C) groups is 1. The van der Waals surface area contributed by atoms with E-state index in [4.69, 9.17) is 4.74 Å². The first-order valence-corrected chi connectivity index (χ1v) is 4.49. The minimum absolute atomic E-state index is 0.120. The van der Waals surface area contributed by atoms with Crippen molar-refractivity contribution in [1.29, 1.82) is 0 Å². The predicted molar refractivity (Wildman–Crippen MR) is 56.2 cm³/mol. The highest BCUT2D eigenvalue weighted by atomic mass is 16.6. The summed E-state index contributed by atoms with van der Waals surface area (Å²) in [6.45, 7) is 1.58. The Kier molecular flexibility index (Phi) is 3.74. The second-order valence-electron chi connectivity index (χ2n) is 3.08. The van der Waals surface area contributed by atoms with Crippen LogP contribution in [0.1, 0.15) is 18.5 Å². The molecule has 0 N–H and O–H groups in total. The Morgan fingerprint density at radius 2 is 2.25 bits per heavy atom. The van der Waals surface area contributed by atoms with Crippen molar-refractivity contribution in [2.24, 2.45) is 4.99 Å². The zero-order valence-corrected chi connectivity index (χ0v) is 8.84. The third kappa shape index (κ3) is 2.43. The Balaban J connectivity index is 3.27. The van der Waals surface area contributed by atoms with Gasteiger partial charge in [0, 0.05) is 0 Å². The number of carbonyl (C=O) groups excluding carboxylic acids is 1. The molecule has 1 aromatic rings. The summed E-state index contributed by atoms with van der Waals surface area (Å²) < 4.78 is 4.89. The van der Waals surface area contributed by atoms with Crippen LogP contribution in [0.25, 0.3) is 0 Å². The molecule has 6 nitrogen and oxygen atoms in total. The maximum Gasteiger partial charge on any atom is 0.278 e. The maximum atomic E-state index is 10.8. The van der Waals surface area contributed by atoms with E-state index in [1.54, 1.807) is 13.0 Å². The zero-order valence-electron chi connectivity index (χ0n) is 8.84. The number of hydrogen-bond acceptors (Lipinski definition) is 5. The van der Waals surface area contributed by atoms with Crippen LogP contribution in [0.3, 0.4) is 0 Å². The summed E-state index contributed by atoms with van der Waals surface area (Å²) >= 11 is 0. The van der Waals surface area contributed by atoms with Gasteiger partial charge in [0.1, 0.15) is 5.75 Å². The van der Waals surface area contributed by atoms with Crippen LogP contribution in [0.4, 0.5) is 5.69 Å². The fourth-order valence-corrected chi connectivity index (χ4v) is 1.31. The van der Waals surface area contributed by atoms with Gasteiger partial charge < -0.3 is 4.74 Å². The molecule has 0 aliphatic heterocycles. The van der Waals surface area contributed by atoms with Crippen LogP contribution < -0.4 is 4.74 Å². The maximum absolute atomic E-state index is 10.8. The number of methoxy groups -OCH3 is 1. The van der Waals surface area contributed by atoms with Gasteiger partial charge in [0.05, 0.1) is 29.7 Å². The molecule has 0 spiro atoms. The molecule has 0 bridgehead atoms. The number of hydrogen-bond donors (Lipinski definition) is 0. The molecule has 0 radical (unpaired) electrons. The highest BCUT2D eigenvalue weighted by Gasteiger charge is 2.19. The molecule has 84 valence electrons. The fraction of sp³-hybridized carbons (Fsp3) is 0.300. The number of benzene rings is 1. The number of nitro groups is 1. The van der Waals surface area contributed by atoms with E-state index in [1.165, 1.54) is 25.3 Å². The topological polar surface area (TPSA) is 81.8 Å².